The molecule has 3 nitrogen and oxygen atoms in total. The van der Waals surface area contributed by atoms with Crippen molar-refractivity contribution in [2.24, 2.45) is 10.7 Å². The molecule has 120 valence electrons. The number of benzene rings is 1. The summed E-state index contributed by atoms with van der Waals surface area (Å²) < 4.78 is 0. The number of rotatable bonds is 3. The van der Waals surface area contributed by atoms with Crippen LogP contribution in [0.5, 0.6) is 5.75 Å². The molecule has 0 fully saturated rings. The van der Waals surface area contributed by atoms with Crippen LogP contribution in [-0.4, -0.2) is 24.4 Å². The van der Waals surface area contributed by atoms with Gasteiger partial charge in [0.2, 0.25) is 0 Å². The standard InChI is InChI=1S/C17H28N2O.Fe/c1-16(2,3)13-9-12(11-19-8-7-18)15(20)14(10-13)17(4,5)6;/h9-11,20H,7-8,18H2,1-6H3;. The van der Waals surface area contributed by atoms with Gasteiger partial charge in [-0.25, -0.2) is 0 Å². The first kappa shape index (κ1) is 20.2. The van der Waals surface area contributed by atoms with Crippen molar-refractivity contribution in [3.05, 3.63) is 28.8 Å². The van der Waals surface area contributed by atoms with Crippen molar-refractivity contribution < 1.29 is 22.2 Å². The van der Waals surface area contributed by atoms with Crippen LogP contribution in [0.3, 0.4) is 0 Å². The molecule has 0 bridgehead atoms. The van der Waals surface area contributed by atoms with Crippen LogP contribution in [0.15, 0.2) is 17.1 Å². The zero-order valence-corrected chi connectivity index (χ0v) is 15.1. The summed E-state index contributed by atoms with van der Waals surface area (Å²) in [6.07, 6.45) is 1.73. The van der Waals surface area contributed by atoms with Crippen LogP contribution in [-0.2, 0) is 27.9 Å². The summed E-state index contributed by atoms with van der Waals surface area (Å²) in [5.74, 6) is 0.325. The summed E-state index contributed by atoms with van der Waals surface area (Å²) in [5.41, 5.74) is 8.31. The third-order valence-corrected chi connectivity index (χ3v) is 3.30. The fourth-order valence-electron chi connectivity index (χ4n) is 2.00. The molecule has 0 amide bonds. The van der Waals surface area contributed by atoms with Crippen molar-refractivity contribution >= 4 is 6.21 Å². The number of phenolic OH excluding ortho intramolecular Hbond substituents is 1. The minimum atomic E-state index is -0.109. The number of aromatic hydroxyl groups is 1. The van der Waals surface area contributed by atoms with E-state index in [4.69, 9.17) is 5.73 Å². The maximum absolute atomic E-state index is 10.5. The van der Waals surface area contributed by atoms with Gasteiger partial charge in [0, 0.05) is 41.0 Å². The number of nitrogens with zero attached hydrogens (tertiary/aromatic N) is 1. The van der Waals surface area contributed by atoms with Gasteiger partial charge in [0.25, 0.3) is 0 Å². The molecule has 3 N–H and O–H groups in total. The van der Waals surface area contributed by atoms with Crippen molar-refractivity contribution in [3.8, 4) is 5.75 Å². The first-order valence-electron chi connectivity index (χ1n) is 7.15. The molecule has 1 rings (SSSR count). The van der Waals surface area contributed by atoms with Gasteiger partial charge in [-0.2, -0.15) is 0 Å². The Balaban J connectivity index is 0.00000400. The maximum Gasteiger partial charge on any atom is 0.128 e. The molecule has 0 aliphatic heterocycles. The van der Waals surface area contributed by atoms with E-state index in [-0.39, 0.29) is 27.9 Å². The second-order valence-electron chi connectivity index (χ2n) is 7.29. The Labute approximate surface area is 139 Å². The molecule has 0 atom stereocenters. The summed E-state index contributed by atoms with van der Waals surface area (Å²) in [5, 5.41) is 10.5. The average molecular weight is 332 g/mol. The fraction of sp³-hybridized carbons (Fsp3) is 0.588. The Morgan fingerprint density at radius 3 is 2.10 bits per heavy atom. The van der Waals surface area contributed by atoms with E-state index in [0.29, 0.717) is 18.8 Å². The fourth-order valence-corrected chi connectivity index (χ4v) is 2.00. The summed E-state index contributed by atoms with van der Waals surface area (Å²) >= 11 is 0. The van der Waals surface area contributed by atoms with Crippen LogP contribution in [0.25, 0.3) is 0 Å². The average Bonchev–Trinajstić information content (AvgIpc) is 2.28. The molecular weight excluding hydrogens is 304 g/mol. The van der Waals surface area contributed by atoms with Crippen LogP contribution in [0, 0.1) is 0 Å². The molecule has 0 aliphatic rings. The third-order valence-electron chi connectivity index (χ3n) is 3.30. The van der Waals surface area contributed by atoms with Crippen LogP contribution in [0.1, 0.15) is 58.2 Å². The van der Waals surface area contributed by atoms with E-state index in [0.717, 1.165) is 11.1 Å². The van der Waals surface area contributed by atoms with Crippen LogP contribution < -0.4 is 5.73 Å². The summed E-state index contributed by atoms with van der Waals surface area (Å²) in [7, 11) is 0. The van der Waals surface area contributed by atoms with Gasteiger partial charge in [0.1, 0.15) is 5.75 Å². The second kappa shape index (κ2) is 7.44. The van der Waals surface area contributed by atoms with Gasteiger partial charge in [-0.1, -0.05) is 47.6 Å². The molecule has 0 unspecified atom stereocenters. The van der Waals surface area contributed by atoms with Gasteiger partial charge < -0.3 is 10.8 Å². The second-order valence-corrected chi connectivity index (χ2v) is 7.29. The number of hydrogen-bond donors (Lipinski definition) is 2. The number of aliphatic imine (C=N–C) groups is 1. The Hall–Kier alpha value is -0.831. The predicted molar refractivity (Wildman–Crippen MR) is 87.0 cm³/mol. The first-order chi connectivity index (χ1) is 9.07. The number of hydrogen-bond acceptors (Lipinski definition) is 3. The smallest absolute Gasteiger partial charge is 0.128 e. The van der Waals surface area contributed by atoms with Crippen LogP contribution >= 0.6 is 0 Å². The van der Waals surface area contributed by atoms with E-state index in [9.17, 15) is 5.11 Å². The third kappa shape index (κ3) is 5.46. The van der Waals surface area contributed by atoms with E-state index >= 15 is 0 Å². The molecule has 1 aromatic rings. The van der Waals surface area contributed by atoms with Crippen molar-refractivity contribution in [2.45, 2.75) is 52.4 Å². The minimum absolute atomic E-state index is 0. The Kier molecular flexibility index (Phi) is 7.14. The number of phenols is 1. The molecule has 0 aromatic heterocycles. The van der Waals surface area contributed by atoms with Gasteiger partial charge in [0.15, 0.2) is 0 Å². The summed E-state index contributed by atoms with van der Waals surface area (Å²) in [6.45, 7) is 13.9. The van der Waals surface area contributed by atoms with Gasteiger partial charge in [0.05, 0.1) is 6.54 Å². The summed E-state index contributed by atoms with van der Waals surface area (Å²) in [4.78, 5) is 4.26. The van der Waals surface area contributed by atoms with Crippen molar-refractivity contribution in [3.63, 3.8) is 0 Å². The number of nitrogens with two attached hydrogens (primary N) is 1. The van der Waals surface area contributed by atoms with E-state index < -0.39 is 0 Å². The molecule has 0 saturated carbocycles. The van der Waals surface area contributed by atoms with Crippen molar-refractivity contribution in [1.29, 1.82) is 0 Å². The molecule has 0 radical (unpaired) electrons. The zero-order valence-electron chi connectivity index (χ0n) is 14.0. The van der Waals surface area contributed by atoms with Gasteiger partial charge >= 0.3 is 0 Å². The normalized spacial score (nSPS) is 12.5. The van der Waals surface area contributed by atoms with Crippen LogP contribution in [0.2, 0.25) is 0 Å². The Bertz CT molecular complexity index is 497. The Morgan fingerprint density at radius 1 is 1.10 bits per heavy atom. The zero-order chi connectivity index (χ0) is 15.6. The molecule has 0 heterocycles. The van der Waals surface area contributed by atoms with E-state index in [2.05, 4.69) is 52.6 Å². The minimum Gasteiger partial charge on any atom is -0.507 e. The molecule has 0 spiro atoms. The first-order valence-corrected chi connectivity index (χ1v) is 7.15. The predicted octanol–water partition coefficient (Wildman–Crippen LogP) is 3.36. The maximum atomic E-state index is 10.5. The van der Waals surface area contributed by atoms with E-state index in [1.165, 1.54) is 5.56 Å². The SMILES string of the molecule is CC(C)(C)c1cc(C=NCCN)c(O)c(C(C)(C)C)c1.[Fe]. The van der Waals surface area contributed by atoms with Gasteiger partial charge in [-0.15, -0.1) is 0 Å². The monoisotopic (exact) mass is 332 g/mol. The molecule has 21 heavy (non-hydrogen) atoms. The van der Waals surface area contributed by atoms with E-state index in [1.807, 2.05) is 6.07 Å². The van der Waals surface area contributed by atoms with Gasteiger partial charge in [-0.3, -0.25) is 4.99 Å². The largest absolute Gasteiger partial charge is 0.507 e. The molecule has 1 aromatic carbocycles. The quantitative estimate of drug-likeness (QED) is 0.659. The molecule has 0 aliphatic carbocycles. The molecular formula is C17H28FeN2O. The van der Waals surface area contributed by atoms with Gasteiger partial charge in [-0.05, 0) is 22.5 Å². The van der Waals surface area contributed by atoms with E-state index in [1.54, 1.807) is 6.21 Å². The van der Waals surface area contributed by atoms with Crippen LogP contribution in [0.4, 0.5) is 0 Å². The molecule has 4 heteroatoms. The van der Waals surface area contributed by atoms with Crippen molar-refractivity contribution in [1.82, 2.24) is 0 Å². The van der Waals surface area contributed by atoms with Crippen molar-refractivity contribution in [2.75, 3.05) is 13.1 Å². The molecule has 0 saturated heterocycles. The topological polar surface area (TPSA) is 58.6 Å². The Morgan fingerprint density at radius 2 is 1.67 bits per heavy atom. The summed E-state index contributed by atoms with van der Waals surface area (Å²) in [6, 6.07) is 4.13.